The van der Waals surface area contributed by atoms with E-state index in [1.54, 1.807) is 0 Å². The van der Waals surface area contributed by atoms with Crippen LogP contribution in [-0.2, 0) is 0 Å². The fourth-order valence-electron chi connectivity index (χ4n) is 9.27. The zero-order valence-electron chi connectivity index (χ0n) is 33.0. The van der Waals surface area contributed by atoms with Gasteiger partial charge in [-0.05, 0) is 108 Å². The van der Waals surface area contributed by atoms with E-state index in [1.807, 2.05) is 0 Å². The Morgan fingerprint density at radius 1 is 0.322 bits per heavy atom. The molecule has 11 rings (SSSR count). The van der Waals surface area contributed by atoms with Gasteiger partial charge in [-0.25, -0.2) is 0 Å². The predicted molar refractivity (Wildman–Crippen MR) is 252 cm³/mol. The molecule has 0 atom stereocenters. The molecule has 1 heterocycles. The second kappa shape index (κ2) is 14.1. The first-order chi connectivity index (χ1) is 29.1. The molecule has 3 heteroatoms. The van der Waals surface area contributed by atoms with E-state index in [0.29, 0.717) is 0 Å². The Bertz CT molecular complexity index is 3170. The molecule has 0 fully saturated rings. The molecule has 0 saturated carbocycles. The van der Waals surface area contributed by atoms with Crippen molar-refractivity contribution in [3.8, 4) is 5.69 Å². The number of aryl methyl sites for hydroxylation is 2. The van der Waals surface area contributed by atoms with Crippen LogP contribution in [0.25, 0.3) is 59.8 Å². The van der Waals surface area contributed by atoms with Gasteiger partial charge in [0.2, 0.25) is 0 Å². The summed E-state index contributed by atoms with van der Waals surface area (Å²) in [7, 11) is 0. The van der Waals surface area contributed by atoms with Gasteiger partial charge in [0.15, 0.2) is 0 Å². The first-order valence-electron chi connectivity index (χ1n) is 20.4. The third-order valence-electron chi connectivity index (χ3n) is 11.8. The van der Waals surface area contributed by atoms with Crippen LogP contribution >= 0.6 is 0 Å². The van der Waals surface area contributed by atoms with Crippen molar-refractivity contribution in [3.05, 3.63) is 223 Å². The van der Waals surface area contributed by atoms with Gasteiger partial charge in [-0.3, -0.25) is 0 Å². The maximum Gasteiger partial charge on any atom is 0.0568 e. The molecular formula is C56H41N3. The van der Waals surface area contributed by atoms with Gasteiger partial charge in [0.05, 0.1) is 28.1 Å². The van der Waals surface area contributed by atoms with Gasteiger partial charge in [0.1, 0.15) is 0 Å². The summed E-state index contributed by atoms with van der Waals surface area (Å²) in [5, 5.41) is 9.72. The number of benzene rings is 10. The standard InChI is InChI=1S/C56H41N3/c1-38-18-15-26-43(34-38)57(41-22-5-3-6-23-41)51-36-53-55(48-31-13-11-29-46(48)51)56-49-32-14-12-30-47(49)52(58(42-24-7-4-8-25-42)44-27-16-19-39(2)35-44)37-54(56)59(53)50-33-17-21-40-20-9-10-28-45(40)50/h3-37H,1-2H3. The SMILES string of the molecule is Cc1cccc(N(c2ccccc2)c2cc3c(c4ccccc24)c2c4ccccc4c(N(c4ccccc4)c4cccc(C)c4)cc2n3-c2cccc3ccccc23)c1. The molecule has 0 radical (unpaired) electrons. The van der Waals surface area contributed by atoms with E-state index in [9.17, 15) is 0 Å². The molecule has 3 nitrogen and oxygen atoms in total. The van der Waals surface area contributed by atoms with Crippen LogP contribution in [-0.4, -0.2) is 4.57 Å². The highest BCUT2D eigenvalue weighted by Crippen LogP contribution is 2.50. The van der Waals surface area contributed by atoms with E-state index >= 15 is 0 Å². The molecule has 0 bridgehead atoms. The molecule has 0 spiro atoms. The summed E-state index contributed by atoms with van der Waals surface area (Å²) < 4.78 is 2.54. The third-order valence-corrected chi connectivity index (χ3v) is 11.8. The van der Waals surface area contributed by atoms with Crippen LogP contribution in [0.3, 0.4) is 0 Å². The van der Waals surface area contributed by atoms with Crippen molar-refractivity contribution >= 4 is 88.2 Å². The fraction of sp³-hybridized carbons (Fsp3) is 0.0357. The molecule has 11 aromatic rings. The van der Waals surface area contributed by atoms with E-state index < -0.39 is 0 Å². The average Bonchev–Trinajstić information content (AvgIpc) is 3.61. The lowest BCUT2D eigenvalue weighted by Gasteiger charge is -2.27. The van der Waals surface area contributed by atoms with Crippen molar-refractivity contribution in [2.24, 2.45) is 0 Å². The third kappa shape index (κ3) is 5.74. The van der Waals surface area contributed by atoms with Crippen LogP contribution in [0.2, 0.25) is 0 Å². The Kier molecular flexibility index (Phi) is 8.27. The van der Waals surface area contributed by atoms with Crippen molar-refractivity contribution in [2.75, 3.05) is 9.80 Å². The number of hydrogen-bond acceptors (Lipinski definition) is 2. The quantitative estimate of drug-likeness (QED) is 0.160. The van der Waals surface area contributed by atoms with E-state index in [-0.39, 0.29) is 0 Å². The molecular weight excluding hydrogens is 715 g/mol. The largest absolute Gasteiger partial charge is 0.310 e. The Labute approximate surface area is 344 Å². The number of rotatable bonds is 7. The molecule has 280 valence electrons. The van der Waals surface area contributed by atoms with Crippen molar-refractivity contribution in [1.29, 1.82) is 0 Å². The maximum atomic E-state index is 2.54. The molecule has 0 unspecified atom stereocenters. The van der Waals surface area contributed by atoms with Crippen LogP contribution in [0.5, 0.6) is 0 Å². The van der Waals surface area contributed by atoms with Crippen molar-refractivity contribution in [3.63, 3.8) is 0 Å². The zero-order valence-corrected chi connectivity index (χ0v) is 33.0. The lowest BCUT2D eigenvalue weighted by molar-refractivity contribution is 1.19. The highest BCUT2D eigenvalue weighted by Gasteiger charge is 2.26. The minimum absolute atomic E-state index is 1.11. The van der Waals surface area contributed by atoms with E-state index in [2.05, 4.69) is 241 Å². The Balaban J connectivity index is 1.35. The van der Waals surface area contributed by atoms with Gasteiger partial charge in [-0.15, -0.1) is 0 Å². The summed E-state index contributed by atoms with van der Waals surface area (Å²) in [6, 6.07) is 77.6. The summed E-state index contributed by atoms with van der Waals surface area (Å²) in [5.41, 5.74) is 12.6. The summed E-state index contributed by atoms with van der Waals surface area (Å²) in [6.45, 7) is 4.34. The van der Waals surface area contributed by atoms with Crippen LogP contribution in [0.1, 0.15) is 11.1 Å². The van der Waals surface area contributed by atoms with Crippen LogP contribution < -0.4 is 9.80 Å². The first-order valence-corrected chi connectivity index (χ1v) is 20.4. The second-order valence-corrected chi connectivity index (χ2v) is 15.5. The van der Waals surface area contributed by atoms with Gasteiger partial charge < -0.3 is 14.4 Å². The molecule has 0 N–H and O–H groups in total. The number of fused-ring (bicyclic) bond motifs is 8. The average molecular weight is 756 g/mol. The van der Waals surface area contributed by atoms with Crippen molar-refractivity contribution in [2.45, 2.75) is 13.8 Å². The van der Waals surface area contributed by atoms with Crippen molar-refractivity contribution in [1.82, 2.24) is 4.57 Å². The van der Waals surface area contributed by atoms with Crippen LogP contribution in [0.4, 0.5) is 34.1 Å². The van der Waals surface area contributed by atoms with Gasteiger partial charge >= 0.3 is 0 Å². The number of para-hydroxylation sites is 2. The van der Waals surface area contributed by atoms with Crippen LogP contribution in [0.15, 0.2) is 212 Å². The summed E-state index contributed by atoms with van der Waals surface area (Å²) >= 11 is 0. The topological polar surface area (TPSA) is 11.4 Å². The Hall–Kier alpha value is -7.62. The number of anilines is 6. The zero-order chi connectivity index (χ0) is 39.5. The lowest BCUT2D eigenvalue weighted by Crippen LogP contribution is -2.11. The van der Waals surface area contributed by atoms with Crippen LogP contribution in [0, 0.1) is 13.8 Å². The summed E-state index contributed by atoms with van der Waals surface area (Å²) in [4.78, 5) is 4.86. The fourth-order valence-corrected chi connectivity index (χ4v) is 9.27. The predicted octanol–water partition coefficient (Wildman–Crippen LogP) is 15.8. The molecule has 0 saturated heterocycles. The van der Waals surface area contributed by atoms with E-state index in [1.165, 1.54) is 54.2 Å². The van der Waals surface area contributed by atoms with E-state index in [4.69, 9.17) is 0 Å². The van der Waals surface area contributed by atoms with Gasteiger partial charge in [-0.2, -0.15) is 0 Å². The smallest absolute Gasteiger partial charge is 0.0568 e. The molecule has 0 amide bonds. The lowest BCUT2D eigenvalue weighted by atomic mass is 9.96. The van der Waals surface area contributed by atoms with Gasteiger partial charge in [0, 0.05) is 49.7 Å². The monoisotopic (exact) mass is 755 g/mol. The first kappa shape index (κ1) is 34.6. The number of hydrogen-bond donors (Lipinski definition) is 0. The van der Waals surface area contributed by atoms with Crippen molar-refractivity contribution < 1.29 is 0 Å². The van der Waals surface area contributed by atoms with Gasteiger partial charge in [0.25, 0.3) is 0 Å². The molecule has 1 aromatic heterocycles. The highest BCUT2D eigenvalue weighted by atomic mass is 15.2. The highest BCUT2D eigenvalue weighted by molar-refractivity contribution is 6.32. The molecule has 59 heavy (non-hydrogen) atoms. The molecule has 0 aliphatic heterocycles. The van der Waals surface area contributed by atoms with E-state index in [0.717, 1.165) is 50.8 Å². The summed E-state index contributed by atoms with van der Waals surface area (Å²) in [6.07, 6.45) is 0. The molecule has 0 aliphatic rings. The Morgan fingerprint density at radius 2 is 0.712 bits per heavy atom. The minimum Gasteiger partial charge on any atom is -0.310 e. The number of aromatic nitrogens is 1. The van der Waals surface area contributed by atoms with Gasteiger partial charge in [-0.1, -0.05) is 146 Å². The summed E-state index contributed by atoms with van der Waals surface area (Å²) in [5.74, 6) is 0. The second-order valence-electron chi connectivity index (χ2n) is 15.5. The minimum atomic E-state index is 1.11. The normalized spacial score (nSPS) is 11.6. The maximum absolute atomic E-state index is 2.54. The molecule has 0 aliphatic carbocycles. The molecule has 10 aromatic carbocycles. The number of nitrogens with zero attached hydrogens (tertiary/aromatic N) is 3. The Morgan fingerprint density at radius 3 is 1.20 bits per heavy atom.